The van der Waals surface area contributed by atoms with Gasteiger partial charge in [-0.05, 0) is 45.4 Å². The van der Waals surface area contributed by atoms with Gasteiger partial charge in [0, 0.05) is 30.4 Å². The van der Waals surface area contributed by atoms with Crippen LogP contribution in [0.2, 0.25) is 0 Å². The van der Waals surface area contributed by atoms with Crippen LogP contribution in [-0.2, 0) is 10.0 Å². The van der Waals surface area contributed by atoms with E-state index in [2.05, 4.69) is 10.0 Å². The third-order valence-corrected chi connectivity index (χ3v) is 6.96. The number of nitrogens with one attached hydrogen (secondary N) is 2. The van der Waals surface area contributed by atoms with Gasteiger partial charge in [0.1, 0.15) is 0 Å². The van der Waals surface area contributed by atoms with Crippen LogP contribution in [-0.4, -0.2) is 47.6 Å². The maximum absolute atomic E-state index is 12.0. The van der Waals surface area contributed by atoms with Crippen molar-refractivity contribution in [2.24, 2.45) is 5.92 Å². The Balaban J connectivity index is 1.90. The smallest absolute Gasteiger partial charge is 0.214 e. The standard InChI is InChI=1S/C19H32N2O5S/c1-13(2)27(22,23)21-15-8-6-14(7-9-15)12-20-16-10-17(24-3)19(26-5)18(11-16)25-4/h10-11,13-15,20-21H,6-9,12H2,1-5H3. The zero-order chi connectivity index (χ0) is 20.0. The summed E-state index contributed by atoms with van der Waals surface area (Å²) in [6.45, 7) is 4.23. The van der Waals surface area contributed by atoms with E-state index in [4.69, 9.17) is 14.2 Å². The lowest BCUT2D eigenvalue weighted by Crippen LogP contribution is -2.41. The minimum Gasteiger partial charge on any atom is -0.493 e. The van der Waals surface area contributed by atoms with Crippen LogP contribution >= 0.6 is 0 Å². The summed E-state index contributed by atoms with van der Waals surface area (Å²) in [6.07, 6.45) is 3.71. The summed E-state index contributed by atoms with van der Waals surface area (Å²) in [7, 11) is 1.58. The lowest BCUT2D eigenvalue weighted by molar-refractivity contribution is 0.321. The van der Waals surface area contributed by atoms with E-state index < -0.39 is 15.3 Å². The van der Waals surface area contributed by atoms with Crippen molar-refractivity contribution in [3.05, 3.63) is 12.1 Å². The topological polar surface area (TPSA) is 85.9 Å². The SMILES string of the molecule is COc1cc(NCC2CCC(NS(=O)(=O)C(C)C)CC2)cc(OC)c1OC. The van der Waals surface area contributed by atoms with Gasteiger partial charge in [-0.2, -0.15) is 0 Å². The molecule has 0 aromatic heterocycles. The van der Waals surface area contributed by atoms with E-state index in [9.17, 15) is 8.42 Å². The number of anilines is 1. The van der Waals surface area contributed by atoms with Gasteiger partial charge < -0.3 is 19.5 Å². The molecule has 0 atom stereocenters. The first kappa shape index (κ1) is 21.6. The van der Waals surface area contributed by atoms with Gasteiger partial charge in [-0.15, -0.1) is 0 Å². The van der Waals surface area contributed by atoms with Gasteiger partial charge in [-0.1, -0.05) is 0 Å². The van der Waals surface area contributed by atoms with E-state index in [0.717, 1.165) is 37.9 Å². The monoisotopic (exact) mass is 400 g/mol. The van der Waals surface area contributed by atoms with E-state index in [1.54, 1.807) is 35.2 Å². The molecule has 8 heteroatoms. The van der Waals surface area contributed by atoms with E-state index >= 15 is 0 Å². The first-order valence-corrected chi connectivity index (χ1v) is 10.9. The molecule has 1 aliphatic rings. The summed E-state index contributed by atoms with van der Waals surface area (Å²) >= 11 is 0. The Hall–Kier alpha value is -1.67. The summed E-state index contributed by atoms with van der Waals surface area (Å²) in [5.41, 5.74) is 0.909. The average Bonchev–Trinajstić information content (AvgIpc) is 2.66. The molecule has 0 bridgehead atoms. The van der Waals surface area contributed by atoms with Gasteiger partial charge >= 0.3 is 0 Å². The van der Waals surface area contributed by atoms with Crippen molar-refractivity contribution in [3.8, 4) is 17.2 Å². The Morgan fingerprint density at radius 1 is 1.00 bits per heavy atom. The molecule has 1 fully saturated rings. The molecular formula is C19H32N2O5S. The maximum atomic E-state index is 12.0. The number of methoxy groups -OCH3 is 3. The van der Waals surface area contributed by atoms with Crippen molar-refractivity contribution in [2.75, 3.05) is 33.2 Å². The molecule has 0 aliphatic heterocycles. The van der Waals surface area contributed by atoms with Crippen molar-refractivity contribution in [1.29, 1.82) is 0 Å². The highest BCUT2D eigenvalue weighted by Crippen LogP contribution is 2.40. The fourth-order valence-corrected chi connectivity index (χ4v) is 4.27. The van der Waals surface area contributed by atoms with Crippen LogP contribution in [0.3, 0.4) is 0 Å². The molecule has 0 amide bonds. The Morgan fingerprint density at radius 3 is 2.00 bits per heavy atom. The van der Waals surface area contributed by atoms with Gasteiger partial charge in [0.05, 0.1) is 26.6 Å². The largest absolute Gasteiger partial charge is 0.493 e. The van der Waals surface area contributed by atoms with E-state index in [0.29, 0.717) is 23.2 Å². The minimum atomic E-state index is -3.20. The highest BCUT2D eigenvalue weighted by molar-refractivity contribution is 7.90. The average molecular weight is 401 g/mol. The highest BCUT2D eigenvalue weighted by atomic mass is 32.2. The number of ether oxygens (including phenoxy) is 3. The van der Waals surface area contributed by atoms with Crippen LogP contribution in [0.1, 0.15) is 39.5 Å². The summed E-state index contributed by atoms with van der Waals surface area (Å²) in [4.78, 5) is 0. The van der Waals surface area contributed by atoms with Gasteiger partial charge in [0.2, 0.25) is 15.8 Å². The molecule has 1 aromatic carbocycles. The molecule has 7 nitrogen and oxygen atoms in total. The lowest BCUT2D eigenvalue weighted by Gasteiger charge is -2.30. The zero-order valence-corrected chi connectivity index (χ0v) is 17.7. The Labute approximate surface area is 162 Å². The first-order valence-electron chi connectivity index (χ1n) is 9.35. The minimum absolute atomic E-state index is 0.0508. The van der Waals surface area contributed by atoms with Crippen LogP contribution < -0.4 is 24.2 Å². The first-order chi connectivity index (χ1) is 12.8. The lowest BCUT2D eigenvalue weighted by atomic mass is 9.86. The third-order valence-electron chi connectivity index (χ3n) is 5.06. The normalized spacial score (nSPS) is 20.4. The Morgan fingerprint density at radius 2 is 1.56 bits per heavy atom. The zero-order valence-electron chi connectivity index (χ0n) is 16.9. The number of hydrogen-bond acceptors (Lipinski definition) is 6. The molecule has 1 aromatic rings. The molecule has 1 saturated carbocycles. The fraction of sp³-hybridized carbons (Fsp3) is 0.684. The predicted molar refractivity (Wildman–Crippen MR) is 108 cm³/mol. The summed E-state index contributed by atoms with van der Waals surface area (Å²) in [5.74, 6) is 2.31. The number of benzene rings is 1. The number of hydrogen-bond donors (Lipinski definition) is 2. The van der Waals surface area contributed by atoms with Crippen molar-refractivity contribution in [3.63, 3.8) is 0 Å². The second-order valence-corrected chi connectivity index (χ2v) is 9.49. The molecule has 27 heavy (non-hydrogen) atoms. The van der Waals surface area contributed by atoms with Crippen LogP contribution in [0.25, 0.3) is 0 Å². The maximum Gasteiger partial charge on any atom is 0.214 e. The molecule has 154 valence electrons. The van der Waals surface area contributed by atoms with Crippen LogP contribution in [0.15, 0.2) is 12.1 Å². The second-order valence-electron chi connectivity index (χ2n) is 7.22. The van der Waals surface area contributed by atoms with Crippen molar-refractivity contribution >= 4 is 15.7 Å². The molecule has 0 heterocycles. The molecule has 2 rings (SSSR count). The van der Waals surface area contributed by atoms with Crippen LogP contribution in [0.5, 0.6) is 17.2 Å². The van der Waals surface area contributed by atoms with E-state index in [-0.39, 0.29) is 6.04 Å². The predicted octanol–water partition coefficient (Wildman–Crippen LogP) is 3.01. The molecule has 1 aliphatic carbocycles. The summed E-state index contributed by atoms with van der Waals surface area (Å²) in [5, 5.41) is 3.05. The van der Waals surface area contributed by atoms with Gasteiger partial charge in [-0.25, -0.2) is 13.1 Å². The third kappa shape index (κ3) is 5.65. The summed E-state index contributed by atoms with van der Waals surface area (Å²) in [6, 6.07) is 3.84. The van der Waals surface area contributed by atoms with E-state index in [1.165, 1.54) is 0 Å². The van der Waals surface area contributed by atoms with Gasteiger partial charge in [0.15, 0.2) is 11.5 Å². The Kier molecular flexibility index (Phi) is 7.61. The van der Waals surface area contributed by atoms with Crippen molar-refractivity contribution < 1.29 is 22.6 Å². The fourth-order valence-electron chi connectivity index (χ4n) is 3.30. The number of sulfonamides is 1. The summed E-state index contributed by atoms with van der Waals surface area (Å²) < 4.78 is 43.0. The van der Waals surface area contributed by atoms with Gasteiger partial charge in [-0.3, -0.25) is 0 Å². The molecule has 0 saturated heterocycles. The van der Waals surface area contributed by atoms with Crippen LogP contribution in [0.4, 0.5) is 5.69 Å². The second kappa shape index (κ2) is 9.50. The molecular weight excluding hydrogens is 368 g/mol. The molecule has 0 unspecified atom stereocenters. The quantitative estimate of drug-likeness (QED) is 0.663. The van der Waals surface area contributed by atoms with Crippen molar-refractivity contribution in [1.82, 2.24) is 4.72 Å². The number of rotatable bonds is 9. The van der Waals surface area contributed by atoms with Crippen molar-refractivity contribution in [2.45, 2.75) is 50.8 Å². The molecule has 2 N–H and O–H groups in total. The van der Waals surface area contributed by atoms with E-state index in [1.807, 2.05) is 12.1 Å². The Bertz CT molecular complexity index is 688. The van der Waals surface area contributed by atoms with Crippen LogP contribution in [0, 0.1) is 5.92 Å². The molecule has 0 spiro atoms. The van der Waals surface area contributed by atoms with Gasteiger partial charge in [0.25, 0.3) is 0 Å². The molecule has 0 radical (unpaired) electrons. The highest BCUT2D eigenvalue weighted by Gasteiger charge is 2.26.